The summed E-state index contributed by atoms with van der Waals surface area (Å²) in [6, 6.07) is 6.54. The lowest BCUT2D eigenvalue weighted by Crippen LogP contribution is -2.31. The minimum absolute atomic E-state index is 0.0119. The van der Waals surface area contributed by atoms with Crippen LogP contribution in [0.4, 0.5) is 24.1 Å². The Balaban J connectivity index is 1.52. The molecule has 1 saturated heterocycles. The van der Waals surface area contributed by atoms with E-state index in [0.717, 1.165) is 40.6 Å². The average molecular weight is 447 g/mol. The zero-order chi connectivity index (χ0) is 19.9. The van der Waals surface area contributed by atoms with Crippen LogP contribution < -0.4 is 9.80 Å². The molecule has 0 atom stereocenters. The van der Waals surface area contributed by atoms with Crippen LogP contribution in [0.2, 0.25) is 10.0 Å². The van der Waals surface area contributed by atoms with Crippen LogP contribution in [0.1, 0.15) is 12.0 Å². The van der Waals surface area contributed by atoms with Crippen molar-refractivity contribution in [2.24, 2.45) is 0 Å². The number of rotatable bonds is 2. The molecule has 2 aromatic heterocycles. The van der Waals surface area contributed by atoms with Gasteiger partial charge in [-0.15, -0.1) is 0 Å². The normalized spacial score (nSPS) is 15.9. The Kier molecular flexibility index (Phi) is 5.28. The molecule has 1 fully saturated rings. The molecule has 0 N–H and O–H groups in total. The van der Waals surface area contributed by atoms with Crippen LogP contribution in [0.3, 0.4) is 0 Å². The fourth-order valence-corrected chi connectivity index (χ4v) is 4.74. The Morgan fingerprint density at radius 3 is 2.50 bits per heavy atom. The first-order valence-corrected chi connectivity index (χ1v) is 10.2. The van der Waals surface area contributed by atoms with Crippen LogP contribution in [0.25, 0.3) is 10.2 Å². The van der Waals surface area contributed by atoms with Crippen molar-refractivity contribution in [1.82, 2.24) is 9.97 Å². The summed E-state index contributed by atoms with van der Waals surface area (Å²) in [5.74, 6) is 0.382. The summed E-state index contributed by atoms with van der Waals surface area (Å²) < 4.78 is 39.5. The number of thiazole rings is 1. The second kappa shape index (κ2) is 7.57. The summed E-state index contributed by atoms with van der Waals surface area (Å²) in [6.45, 7) is 2.72. The van der Waals surface area contributed by atoms with E-state index in [2.05, 4.69) is 14.9 Å². The highest BCUT2D eigenvalue weighted by Crippen LogP contribution is 2.35. The van der Waals surface area contributed by atoms with Crippen LogP contribution in [0.5, 0.6) is 0 Å². The molecule has 148 valence electrons. The molecule has 0 bridgehead atoms. The summed E-state index contributed by atoms with van der Waals surface area (Å²) in [4.78, 5) is 12.8. The number of aromatic nitrogens is 2. The third kappa shape index (κ3) is 3.99. The lowest BCUT2D eigenvalue weighted by molar-refractivity contribution is -0.137. The van der Waals surface area contributed by atoms with Gasteiger partial charge in [0.1, 0.15) is 5.82 Å². The van der Waals surface area contributed by atoms with E-state index < -0.39 is 11.7 Å². The number of fused-ring (bicyclic) bond motifs is 1. The smallest absolute Gasteiger partial charge is 0.354 e. The fraction of sp³-hybridized carbons (Fsp3) is 0.333. The number of hydrogen-bond donors (Lipinski definition) is 0. The molecule has 3 aromatic rings. The largest absolute Gasteiger partial charge is 0.417 e. The highest BCUT2D eigenvalue weighted by Gasteiger charge is 2.32. The van der Waals surface area contributed by atoms with Crippen LogP contribution in [0, 0.1) is 0 Å². The summed E-state index contributed by atoms with van der Waals surface area (Å²) in [7, 11) is 0. The molecule has 4 nitrogen and oxygen atoms in total. The Morgan fingerprint density at radius 2 is 1.75 bits per heavy atom. The van der Waals surface area contributed by atoms with Gasteiger partial charge in [-0.25, -0.2) is 9.97 Å². The van der Waals surface area contributed by atoms with E-state index in [1.807, 2.05) is 23.1 Å². The third-order valence-corrected chi connectivity index (χ3v) is 6.15. The summed E-state index contributed by atoms with van der Waals surface area (Å²) >= 11 is 13.7. The zero-order valence-corrected chi connectivity index (χ0v) is 16.8. The predicted octanol–water partition coefficient (Wildman–Crippen LogP) is 5.73. The van der Waals surface area contributed by atoms with Crippen molar-refractivity contribution in [3.05, 3.63) is 46.1 Å². The van der Waals surface area contributed by atoms with Gasteiger partial charge in [-0.05, 0) is 30.7 Å². The number of benzene rings is 1. The van der Waals surface area contributed by atoms with Crippen molar-refractivity contribution in [2.45, 2.75) is 12.6 Å². The molecule has 0 unspecified atom stereocenters. The second-order valence-corrected chi connectivity index (χ2v) is 8.32. The monoisotopic (exact) mass is 446 g/mol. The van der Waals surface area contributed by atoms with Gasteiger partial charge in [0.2, 0.25) is 0 Å². The van der Waals surface area contributed by atoms with E-state index in [0.29, 0.717) is 30.5 Å². The Morgan fingerprint density at radius 1 is 1.00 bits per heavy atom. The van der Waals surface area contributed by atoms with Crippen molar-refractivity contribution in [3.63, 3.8) is 0 Å². The van der Waals surface area contributed by atoms with Crippen molar-refractivity contribution >= 4 is 55.7 Å². The molecule has 0 saturated carbocycles. The van der Waals surface area contributed by atoms with Gasteiger partial charge in [0.15, 0.2) is 5.13 Å². The van der Waals surface area contributed by atoms with Crippen LogP contribution in [0.15, 0.2) is 30.5 Å². The molecule has 0 radical (unpaired) electrons. The van der Waals surface area contributed by atoms with Crippen LogP contribution in [-0.4, -0.2) is 36.1 Å². The zero-order valence-electron chi connectivity index (χ0n) is 14.5. The van der Waals surface area contributed by atoms with Crippen molar-refractivity contribution in [2.75, 3.05) is 36.0 Å². The molecule has 3 heterocycles. The van der Waals surface area contributed by atoms with E-state index in [1.54, 1.807) is 11.3 Å². The van der Waals surface area contributed by atoms with Gasteiger partial charge in [-0.2, -0.15) is 13.2 Å². The van der Waals surface area contributed by atoms with Gasteiger partial charge in [0.25, 0.3) is 0 Å². The number of hydrogen-bond acceptors (Lipinski definition) is 5. The highest BCUT2D eigenvalue weighted by atomic mass is 35.5. The molecule has 0 amide bonds. The van der Waals surface area contributed by atoms with E-state index >= 15 is 0 Å². The topological polar surface area (TPSA) is 32.3 Å². The lowest BCUT2D eigenvalue weighted by atomic mass is 10.2. The molecule has 0 spiro atoms. The number of anilines is 2. The van der Waals surface area contributed by atoms with Gasteiger partial charge >= 0.3 is 6.18 Å². The minimum Gasteiger partial charge on any atom is -0.354 e. The van der Waals surface area contributed by atoms with Gasteiger partial charge < -0.3 is 9.80 Å². The van der Waals surface area contributed by atoms with E-state index in [4.69, 9.17) is 23.2 Å². The number of nitrogens with zero attached hydrogens (tertiary/aromatic N) is 4. The SMILES string of the molecule is FC(F)(F)c1cnc(N2CCCN(c3nc4ccc(Cl)cc4s3)CC2)c(Cl)c1. The number of alkyl halides is 3. The summed E-state index contributed by atoms with van der Waals surface area (Å²) in [6.07, 6.45) is -2.81. The van der Waals surface area contributed by atoms with Gasteiger partial charge in [-0.1, -0.05) is 34.5 Å². The molecule has 1 aliphatic heterocycles. The summed E-state index contributed by atoms with van der Waals surface area (Å²) in [5.41, 5.74) is 0.0591. The average Bonchev–Trinajstić information content (AvgIpc) is 2.89. The van der Waals surface area contributed by atoms with E-state index in [-0.39, 0.29) is 5.02 Å². The molecular weight excluding hydrogens is 432 g/mol. The molecule has 1 aliphatic rings. The number of halogens is 5. The van der Waals surface area contributed by atoms with Crippen molar-refractivity contribution in [3.8, 4) is 0 Å². The third-order valence-electron chi connectivity index (χ3n) is 4.55. The van der Waals surface area contributed by atoms with Gasteiger partial charge in [0, 0.05) is 37.4 Å². The first kappa shape index (κ1) is 19.5. The number of pyridine rings is 1. The molecule has 1 aromatic carbocycles. The van der Waals surface area contributed by atoms with Crippen LogP contribution >= 0.6 is 34.5 Å². The first-order chi connectivity index (χ1) is 13.3. The molecule has 28 heavy (non-hydrogen) atoms. The Bertz CT molecular complexity index is 1010. The Labute approximate surface area is 173 Å². The van der Waals surface area contributed by atoms with Crippen molar-refractivity contribution in [1.29, 1.82) is 0 Å². The quantitative estimate of drug-likeness (QED) is 0.502. The van der Waals surface area contributed by atoms with E-state index in [1.165, 1.54) is 0 Å². The first-order valence-electron chi connectivity index (χ1n) is 8.60. The second-order valence-electron chi connectivity index (χ2n) is 6.46. The maximum absolute atomic E-state index is 12.8. The molecule has 10 heteroatoms. The Hall–Kier alpha value is -1.77. The minimum atomic E-state index is -4.46. The molecular formula is C18H15Cl2F3N4S. The van der Waals surface area contributed by atoms with Crippen molar-refractivity contribution < 1.29 is 13.2 Å². The fourth-order valence-electron chi connectivity index (χ4n) is 3.16. The van der Waals surface area contributed by atoms with Gasteiger partial charge in [0.05, 0.1) is 20.8 Å². The molecule has 0 aliphatic carbocycles. The standard InChI is InChI=1S/C18H15Cl2F3N4S/c19-12-2-3-14-15(9-12)28-17(25-14)27-5-1-4-26(6-7-27)16-13(20)8-11(10-24-16)18(21,22)23/h2-3,8-10H,1,4-7H2. The lowest BCUT2D eigenvalue weighted by Gasteiger charge is -2.23. The highest BCUT2D eigenvalue weighted by molar-refractivity contribution is 7.22. The van der Waals surface area contributed by atoms with Gasteiger partial charge in [-0.3, -0.25) is 0 Å². The molecule has 4 rings (SSSR count). The predicted molar refractivity (Wildman–Crippen MR) is 108 cm³/mol. The maximum atomic E-state index is 12.8. The maximum Gasteiger partial charge on any atom is 0.417 e. The van der Waals surface area contributed by atoms with E-state index in [9.17, 15) is 13.2 Å². The summed E-state index contributed by atoms with van der Waals surface area (Å²) in [5, 5.41) is 1.59. The van der Waals surface area contributed by atoms with Crippen LogP contribution in [-0.2, 0) is 6.18 Å².